The highest BCUT2D eigenvalue weighted by Crippen LogP contribution is 2.39. The molecule has 3 unspecified atom stereocenters. The summed E-state index contributed by atoms with van der Waals surface area (Å²) in [5.41, 5.74) is 0. The van der Waals surface area contributed by atoms with Crippen molar-refractivity contribution in [2.24, 2.45) is 5.92 Å². The molecule has 0 N–H and O–H groups in total. The summed E-state index contributed by atoms with van der Waals surface area (Å²) in [6, 6.07) is 8.02. The SMILES string of the molecule is N#CC1C=CC=CC1(Br)N1CCC(Oc2ccccn2)C1. The van der Waals surface area contributed by atoms with Crippen LogP contribution in [0.2, 0.25) is 0 Å². The van der Waals surface area contributed by atoms with Crippen molar-refractivity contribution in [3.05, 3.63) is 48.7 Å². The van der Waals surface area contributed by atoms with Gasteiger partial charge in [-0.15, -0.1) is 0 Å². The lowest BCUT2D eigenvalue weighted by Gasteiger charge is -2.37. The Morgan fingerprint density at radius 3 is 3.10 bits per heavy atom. The zero-order valence-corrected chi connectivity index (χ0v) is 13.1. The number of rotatable bonds is 3. The molecule has 4 nitrogen and oxygen atoms in total. The number of likely N-dealkylation sites (tertiary alicyclic amines) is 1. The maximum atomic E-state index is 9.36. The van der Waals surface area contributed by atoms with Crippen LogP contribution in [0.5, 0.6) is 5.88 Å². The van der Waals surface area contributed by atoms with Crippen LogP contribution >= 0.6 is 15.9 Å². The Labute approximate surface area is 132 Å². The van der Waals surface area contributed by atoms with Crippen molar-refractivity contribution >= 4 is 15.9 Å². The molecule has 1 saturated heterocycles. The number of pyridine rings is 1. The summed E-state index contributed by atoms with van der Waals surface area (Å²) < 4.78 is 5.48. The molecule has 0 amide bonds. The van der Waals surface area contributed by atoms with E-state index >= 15 is 0 Å². The van der Waals surface area contributed by atoms with Gasteiger partial charge in [0.05, 0.1) is 12.0 Å². The number of allylic oxidation sites excluding steroid dienone is 2. The van der Waals surface area contributed by atoms with Gasteiger partial charge in [0.1, 0.15) is 10.6 Å². The first-order valence-corrected chi connectivity index (χ1v) is 7.79. The van der Waals surface area contributed by atoms with Crippen molar-refractivity contribution in [1.82, 2.24) is 9.88 Å². The molecule has 3 atom stereocenters. The molecule has 0 bridgehead atoms. The average Bonchev–Trinajstić information content (AvgIpc) is 2.98. The summed E-state index contributed by atoms with van der Waals surface area (Å²) >= 11 is 3.76. The minimum atomic E-state index is -0.432. The van der Waals surface area contributed by atoms with Crippen molar-refractivity contribution in [1.29, 1.82) is 5.26 Å². The summed E-state index contributed by atoms with van der Waals surface area (Å²) in [5, 5.41) is 9.36. The van der Waals surface area contributed by atoms with Crippen molar-refractivity contribution < 1.29 is 4.74 Å². The molecule has 1 fully saturated rings. The molecule has 1 aliphatic carbocycles. The molecule has 1 aromatic heterocycles. The first-order valence-electron chi connectivity index (χ1n) is 6.99. The first kappa shape index (κ1) is 14.3. The molecule has 0 radical (unpaired) electrons. The summed E-state index contributed by atoms with van der Waals surface area (Å²) in [7, 11) is 0. The Morgan fingerprint density at radius 2 is 2.33 bits per heavy atom. The van der Waals surface area contributed by atoms with Crippen molar-refractivity contribution in [2.45, 2.75) is 17.0 Å². The zero-order chi connectivity index (χ0) is 14.7. The van der Waals surface area contributed by atoms with Crippen molar-refractivity contribution in [3.8, 4) is 11.9 Å². The molecule has 0 aromatic carbocycles. The molecule has 2 aliphatic rings. The fourth-order valence-electron chi connectivity index (χ4n) is 2.76. The first-order chi connectivity index (χ1) is 10.2. The molecule has 2 heterocycles. The van der Waals surface area contributed by atoms with Crippen LogP contribution in [0.1, 0.15) is 6.42 Å². The zero-order valence-electron chi connectivity index (χ0n) is 11.5. The molecule has 0 saturated carbocycles. The number of nitrogens with zero attached hydrogens (tertiary/aromatic N) is 3. The average molecular weight is 346 g/mol. The van der Waals surface area contributed by atoms with Gasteiger partial charge in [0, 0.05) is 25.4 Å². The monoisotopic (exact) mass is 345 g/mol. The van der Waals surface area contributed by atoms with E-state index in [1.54, 1.807) is 6.20 Å². The van der Waals surface area contributed by atoms with E-state index in [0.29, 0.717) is 5.88 Å². The second kappa shape index (κ2) is 6.00. The Bertz CT molecular complexity index is 595. The van der Waals surface area contributed by atoms with E-state index in [4.69, 9.17) is 4.74 Å². The van der Waals surface area contributed by atoms with E-state index in [1.165, 1.54) is 0 Å². The van der Waals surface area contributed by atoms with Gasteiger partial charge in [-0.3, -0.25) is 4.90 Å². The second-order valence-electron chi connectivity index (χ2n) is 5.22. The summed E-state index contributed by atoms with van der Waals surface area (Å²) in [6.45, 7) is 1.66. The maximum absolute atomic E-state index is 9.36. The van der Waals surface area contributed by atoms with E-state index in [9.17, 15) is 5.26 Å². The van der Waals surface area contributed by atoms with E-state index in [-0.39, 0.29) is 12.0 Å². The molecule has 1 aliphatic heterocycles. The number of ether oxygens (including phenoxy) is 1. The van der Waals surface area contributed by atoms with Gasteiger partial charge < -0.3 is 4.74 Å². The predicted octanol–water partition coefficient (Wildman–Crippen LogP) is 2.89. The molecular formula is C16H16BrN3O. The third-order valence-electron chi connectivity index (χ3n) is 3.87. The van der Waals surface area contributed by atoms with Crippen molar-refractivity contribution in [2.75, 3.05) is 13.1 Å². The summed E-state index contributed by atoms with van der Waals surface area (Å²) in [4.78, 5) is 6.46. The van der Waals surface area contributed by atoms with E-state index in [1.807, 2.05) is 42.5 Å². The number of halogens is 1. The van der Waals surface area contributed by atoms with Gasteiger partial charge >= 0.3 is 0 Å². The fraction of sp³-hybridized carbons (Fsp3) is 0.375. The molecule has 0 spiro atoms. The van der Waals surface area contributed by atoms with Crippen LogP contribution < -0.4 is 4.74 Å². The normalized spacial score (nSPS) is 32.0. The maximum Gasteiger partial charge on any atom is 0.213 e. The van der Waals surface area contributed by atoms with E-state index < -0.39 is 4.45 Å². The van der Waals surface area contributed by atoms with Crippen LogP contribution in [0, 0.1) is 17.2 Å². The highest BCUT2D eigenvalue weighted by Gasteiger charge is 2.43. The van der Waals surface area contributed by atoms with Crippen LogP contribution in [-0.2, 0) is 0 Å². The molecule has 108 valence electrons. The van der Waals surface area contributed by atoms with Gasteiger partial charge in [-0.2, -0.15) is 5.26 Å². The Balaban J connectivity index is 1.68. The van der Waals surface area contributed by atoms with E-state index in [0.717, 1.165) is 19.5 Å². The van der Waals surface area contributed by atoms with Crippen LogP contribution in [-0.4, -0.2) is 33.5 Å². The number of aromatic nitrogens is 1. The van der Waals surface area contributed by atoms with E-state index in [2.05, 4.69) is 31.9 Å². The predicted molar refractivity (Wildman–Crippen MR) is 83.9 cm³/mol. The number of hydrogen-bond acceptors (Lipinski definition) is 4. The third-order valence-corrected chi connectivity index (χ3v) is 5.13. The van der Waals surface area contributed by atoms with Gasteiger partial charge in [-0.05, 0) is 12.5 Å². The van der Waals surface area contributed by atoms with Crippen LogP contribution in [0.25, 0.3) is 0 Å². The Hall–Kier alpha value is -1.64. The quantitative estimate of drug-likeness (QED) is 0.624. The van der Waals surface area contributed by atoms with Gasteiger partial charge in [0.2, 0.25) is 5.88 Å². The number of alkyl halides is 1. The lowest BCUT2D eigenvalue weighted by Crippen LogP contribution is -2.47. The lowest BCUT2D eigenvalue weighted by atomic mass is 9.95. The summed E-state index contributed by atoms with van der Waals surface area (Å²) in [6.07, 6.45) is 10.6. The van der Waals surface area contributed by atoms with Crippen molar-refractivity contribution in [3.63, 3.8) is 0 Å². The van der Waals surface area contributed by atoms with Crippen LogP contribution in [0.4, 0.5) is 0 Å². The lowest BCUT2D eigenvalue weighted by molar-refractivity contribution is 0.169. The highest BCUT2D eigenvalue weighted by molar-refractivity contribution is 9.10. The molecule has 5 heteroatoms. The largest absolute Gasteiger partial charge is 0.473 e. The second-order valence-corrected chi connectivity index (χ2v) is 6.49. The molecular weight excluding hydrogens is 330 g/mol. The van der Waals surface area contributed by atoms with Gasteiger partial charge in [0.15, 0.2) is 0 Å². The standard InChI is InChI=1S/C16H16BrN3O/c17-16(8-3-1-5-13(16)11-18)20-10-7-14(12-20)21-15-6-2-4-9-19-15/h1-6,8-9,13-14H,7,10,12H2. The Morgan fingerprint density at radius 1 is 1.43 bits per heavy atom. The fourth-order valence-corrected chi connectivity index (χ4v) is 3.49. The topological polar surface area (TPSA) is 49.2 Å². The van der Waals surface area contributed by atoms with Gasteiger partial charge in [0.25, 0.3) is 0 Å². The van der Waals surface area contributed by atoms with Crippen LogP contribution in [0.15, 0.2) is 48.7 Å². The number of hydrogen-bond donors (Lipinski definition) is 0. The van der Waals surface area contributed by atoms with Gasteiger partial charge in [-0.25, -0.2) is 4.98 Å². The summed E-state index contributed by atoms with van der Waals surface area (Å²) in [5.74, 6) is 0.458. The van der Waals surface area contributed by atoms with Gasteiger partial charge in [-0.1, -0.05) is 46.3 Å². The van der Waals surface area contributed by atoms with Crippen LogP contribution in [0.3, 0.4) is 0 Å². The number of nitriles is 1. The smallest absolute Gasteiger partial charge is 0.213 e. The molecule has 21 heavy (non-hydrogen) atoms. The molecule has 1 aromatic rings. The Kier molecular flexibility index (Phi) is 4.09. The minimum Gasteiger partial charge on any atom is -0.473 e. The third kappa shape index (κ3) is 2.87. The highest BCUT2D eigenvalue weighted by atomic mass is 79.9. The minimum absolute atomic E-state index is 0.105. The molecule has 3 rings (SSSR count).